The summed E-state index contributed by atoms with van der Waals surface area (Å²) in [7, 11) is 0. The summed E-state index contributed by atoms with van der Waals surface area (Å²) in [6.45, 7) is 4.38. The molecule has 2 aromatic carbocycles. The summed E-state index contributed by atoms with van der Waals surface area (Å²) in [6, 6.07) is 7.76. The number of hydrogen-bond acceptors (Lipinski definition) is 3. The van der Waals surface area contributed by atoms with Gasteiger partial charge in [0.1, 0.15) is 0 Å². The van der Waals surface area contributed by atoms with Gasteiger partial charge in [-0.2, -0.15) is 26.3 Å². The van der Waals surface area contributed by atoms with Gasteiger partial charge in [-0.25, -0.2) is 0 Å². The third-order valence-corrected chi connectivity index (χ3v) is 8.49. The molecule has 2 heterocycles. The molecule has 2 fully saturated rings. The normalized spacial score (nSPS) is 19.4. The molecule has 1 unspecified atom stereocenters. The summed E-state index contributed by atoms with van der Waals surface area (Å²) in [5, 5.41) is 3.95. The molecule has 1 N–H and O–H groups in total. The lowest BCUT2D eigenvalue weighted by molar-refractivity contribution is -0.143. The fourth-order valence-electron chi connectivity index (χ4n) is 5.72. The van der Waals surface area contributed by atoms with Gasteiger partial charge >= 0.3 is 12.4 Å². The fraction of sp³-hybridized carbons (Fsp3) is 0.571. The molecule has 39 heavy (non-hydrogen) atoms. The molecule has 1 atom stereocenters. The van der Waals surface area contributed by atoms with Crippen molar-refractivity contribution in [3.05, 3.63) is 68.7 Å². The number of rotatable bonds is 8. The lowest BCUT2D eigenvalue weighted by Crippen LogP contribution is -2.47. The number of nitrogens with zero attached hydrogens (tertiary/aromatic N) is 2. The molecule has 2 aliphatic rings. The van der Waals surface area contributed by atoms with Gasteiger partial charge in [-0.1, -0.05) is 35.7 Å². The second-order valence-electron chi connectivity index (χ2n) is 10.4. The van der Waals surface area contributed by atoms with Gasteiger partial charge < -0.3 is 10.2 Å². The molecular formula is C28H33Cl2F6N3. The summed E-state index contributed by atoms with van der Waals surface area (Å²) >= 11 is 12.4. The molecule has 3 nitrogen and oxygen atoms in total. The van der Waals surface area contributed by atoms with Crippen molar-refractivity contribution >= 4 is 23.2 Å². The van der Waals surface area contributed by atoms with Crippen LogP contribution in [0.3, 0.4) is 0 Å². The first-order chi connectivity index (χ1) is 18.4. The van der Waals surface area contributed by atoms with Crippen molar-refractivity contribution < 1.29 is 26.3 Å². The van der Waals surface area contributed by atoms with Crippen LogP contribution in [-0.4, -0.2) is 48.6 Å². The van der Waals surface area contributed by atoms with E-state index in [1.807, 2.05) is 12.1 Å². The monoisotopic (exact) mass is 595 g/mol. The van der Waals surface area contributed by atoms with Crippen molar-refractivity contribution in [3.63, 3.8) is 0 Å². The van der Waals surface area contributed by atoms with E-state index in [1.165, 1.54) is 19.3 Å². The first kappa shape index (κ1) is 30.4. The number of alkyl halides is 6. The van der Waals surface area contributed by atoms with Crippen LogP contribution in [0.4, 0.5) is 26.3 Å². The Bertz CT molecular complexity index is 1060. The molecule has 2 aromatic rings. The van der Waals surface area contributed by atoms with Crippen LogP contribution < -0.4 is 5.32 Å². The van der Waals surface area contributed by atoms with Crippen LogP contribution in [0.5, 0.6) is 0 Å². The Balaban J connectivity index is 1.42. The third kappa shape index (κ3) is 8.26. The van der Waals surface area contributed by atoms with Gasteiger partial charge in [0.2, 0.25) is 0 Å². The lowest BCUT2D eigenvalue weighted by atomic mass is 9.95. The van der Waals surface area contributed by atoms with Crippen LogP contribution in [0.2, 0.25) is 10.0 Å². The first-order valence-corrected chi connectivity index (χ1v) is 14.1. The summed E-state index contributed by atoms with van der Waals surface area (Å²) in [5.41, 5.74) is -1.69. The van der Waals surface area contributed by atoms with Crippen molar-refractivity contribution in [2.45, 2.75) is 69.5 Å². The number of piperidine rings is 2. The molecular weight excluding hydrogens is 563 g/mol. The highest BCUT2D eigenvalue weighted by Crippen LogP contribution is 2.37. The Labute approximate surface area is 235 Å². The minimum Gasteiger partial charge on any atom is -0.313 e. The minimum atomic E-state index is -4.87. The molecule has 216 valence electrons. The van der Waals surface area contributed by atoms with Crippen LogP contribution in [0.25, 0.3) is 0 Å². The van der Waals surface area contributed by atoms with Crippen molar-refractivity contribution in [2.75, 3.05) is 32.7 Å². The number of likely N-dealkylation sites (tertiary alicyclic amines) is 2. The van der Waals surface area contributed by atoms with Gasteiger partial charge in [-0.15, -0.1) is 0 Å². The van der Waals surface area contributed by atoms with Crippen molar-refractivity contribution in [1.82, 2.24) is 15.1 Å². The van der Waals surface area contributed by atoms with E-state index in [9.17, 15) is 26.3 Å². The number of nitrogens with one attached hydrogen (secondary N) is 1. The molecule has 4 rings (SSSR count). The van der Waals surface area contributed by atoms with Crippen LogP contribution in [0.1, 0.15) is 66.8 Å². The van der Waals surface area contributed by atoms with Gasteiger partial charge in [0.15, 0.2) is 0 Å². The van der Waals surface area contributed by atoms with Crippen molar-refractivity contribution in [1.29, 1.82) is 0 Å². The van der Waals surface area contributed by atoms with Gasteiger partial charge in [0, 0.05) is 31.7 Å². The predicted octanol–water partition coefficient (Wildman–Crippen LogP) is 8.20. The minimum absolute atomic E-state index is 0.0122. The number of hydrogen-bond donors (Lipinski definition) is 1. The molecule has 0 bridgehead atoms. The van der Waals surface area contributed by atoms with Gasteiger partial charge in [0.05, 0.1) is 21.2 Å². The molecule has 0 spiro atoms. The van der Waals surface area contributed by atoms with Gasteiger partial charge in [-0.3, -0.25) is 4.90 Å². The standard InChI is InChI=1S/C28H33Cl2F6N3/c29-24-5-4-20(16-25(24)30)26(39-12-7-23(8-13-39)38-10-2-1-3-11-38)6-9-37-18-19-14-21(27(31,32)33)17-22(15-19)28(34,35)36/h4-5,14-17,23,26,37H,1-3,6-13,18H2. The maximum atomic E-state index is 13.2. The first-order valence-electron chi connectivity index (χ1n) is 13.3. The molecule has 0 aromatic heterocycles. The van der Waals surface area contributed by atoms with Gasteiger partial charge in [0.25, 0.3) is 0 Å². The zero-order valence-corrected chi connectivity index (χ0v) is 23.0. The van der Waals surface area contributed by atoms with E-state index >= 15 is 0 Å². The van der Waals surface area contributed by atoms with Crippen LogP contribution >= 0.6 is 23.2 Å². The summed E-state index contributed by atoms with van der Waals surface area (Å²) < 4.78 is 79.3. The van der Waals surface area contributed by atoms with Crippen LogP contribution in [-0.2, 0) is 18.9 Å². The zero-order valence-electron chi connectivity index (χ0n) is 21.5. The van der Waals surface area contributed by atoms with E-state index in [0.29, 0.717) is 29.1 Å². The average molecular weight is 596 g/mol. The van der Waals surface area contributed by atoms with E-state index < -0.39 is 23.5 Å². The van der Waals surface area contributed by atoms with E-state index in [1.54, 1.807) is 6.07 Å². The predicted molar refractivity (Wildman–Crippen MR) is 142 cm³/mol. The molecule has 0 aliphatic carbocycles. The van der Waals surface area contributed by atoms with Crippen molar-refractivity contribution in [3.8, 4) is 0 Å². The van der Waals surface area contributed by atoms with Crippen LogP contribution in [0.15, 0.2) is 36.4 Å². The summed E-state index contributed by atoms with van der Waals surface area (Å²) in [6.07, 6.45) is -3.24. The zero-order chi connectivity index (χ0) is 28.2. The van der Waals surface area contributed by atoms with Crippen molar-refractivity contribution in [2.24, 2.45) is 0 Å². The Morgan fingerprint density at radius 1 is 0.795 bits per heavy atom. The van der Waals surface area contributed by atoms with E-state index in [2.05, 4.69) is 15.1 Å². The molecule has 0 radical (unpaired) electrons. The van der Waals surface area contributed by atoms with Gasteiger partial charge in [-0.05, 0) is 93.2 Å². The fourth-order valence-corrected chi connectivity index (χ4v) is 6.03. The molecule has 2 aliphatic heterocycles. The lowest BCUT2D eigenvalue weighted by Gasteiger charge is -2.43. The Kier molecular flexibility index (Phi) is 10.1. The highest BCUT2D eigenvalue weighted by Gasteiger charge is 2.37. The highest BCUT2D eigenvalue weighted by molar-refractivity contribution is 6.42. The molecule has 0 saturated carbocycles. The van der Waals surface area contributed by atoms with Crippen LogP contribution in [0, 0.1) is 0 Å². The Morgan fingerprint density at radius 2 is 1.41 bits per heavy atom. The third-order valence-electron chi connectivity index (χ3n) is 7.75. The smallest absolute Gasteiger partial charge is 0.313 e. The number of halogens is 8. The second kappa shape index (κ2) is 13.0. The Hall–Kier alpha value is -1.52. The van der Waals surface area contributed by atoms with E-state index in [4.69, 9.17) is 23.2 Å². The molecule has 11 heteroatoms. The quantitative estimate of drug-likeness (QED) is 0.245. The van der Waals surface area contributed by atoms with E-state index in [0.717, 1.165) is 56.7 Å². The maximum absolute atomic E-state index is 13.2. The molecule has 0 amide bonds. The SMILES string of the molecule is FC(F)(F)c1cc(CNCCC(c2ccc(Cl)c(Cl)c2)N2CCC(N3CCCCC3)CC2)cc(C(F)(F)F)c1. The summed E-state index contributed by atoms with van der Waals surface area (Å²) in [4.78, 5) is 4.99. The maximum Gasteiger partial charge on any atom is 0.416 e. The van der Waals surface area contributed by atoms with E-state index in [-0.39, 0.29) is 24.2 Å². The number of benzene rings is 2. The largest absolute Gasteiger partial charge is 0.416 e. The highest BCUT2D eigenvalue weighted by atomic mass is 35.5. The second-order valence-corrected chi connectivity index (χ2v) is 11.2. The average Bonchev–Trinajstić information content (AvgIpc) is 2.90. The molecule has 2 saturated heterocycles. The topological polar surface area (TPSA) is 18.5 Å². The summed E-state index contributed by atoms with van der Waals surface area (Å²) in [5.74, 6) is 0. The Morgan fingerprint density at radius 3 is 1.97 bits per heavy atom.